The molecule has 0 N–H and O–H groups in total. The standard InChI is InChI=1S/C10H14O2.2C2H6/c1-3-5-9(6-4-2)11-7-10-8-12-10;2*1-2/h3-6,10H,1,7-8H2,2H3;2*1-2H3/b6-4-,9-5+;;. The smallest absolute Gasteiger partial charge is 0.119 e. The largest absolute Gasteiger partial charge is 0.491 e. The monoisotopic (exact) mass is 226 g/mol. The van der Waals surface area contributed by atoms with Crippen molar-refractivity contribution in [1.29, 1.82) is 0 Å². The Hall–Kier alpha value is -1.02. The van der Waals surface area contributed by atoms with Gasteiger partial charge in [-0.15, -0.1) is 0 Å². The van der Waals surface area contributed by atoms with Gasteiger partial charge in [0.05, 0.1) is 6.61 Å². The van der Waals surface area contributed by atoms with Gasteiger partial charge >= 0.3 is 0 Å². The molecule has 2 nitrogen and oxygen atoms in total. The molecule has 0 aromatic heterocycles. The summed E-state index contributed by atoms with van der Waals surface area (Å²) in [6.07, 6.45) is 7.70. The molecule has 1 aliphatic heterocycles. The van der Waals surface area contributed by atoms with Crippen LogP contribution in [-0.4, -0.2) is 19.3 Å². The molecular weight excluding hydrogens is 200 g/mol. The van der Waals surface area contributed by atoms with E-state index in [1.54, 1.807) is 6.08 Å². The number of epoxide rings is 1. The molecule has 16 heavy (non-hydrogen) atoms. The Morgan fingerprint density at radius 2 is 1.94 bits per heavy atom. The van der Waals surface area contributed by atoms with Gasteiger partial charge in [-0.2, -0.15) is 0 Å². The van der Waals surface area contributed by atoms with Crippen LogP contribution in [0, 0.1) is 0 Å². The molecule has 1 aliphatic rings. The highest BCUT2D eigenvalue weighted by atomic mass is 16.6. The topological polar surface area (TPSA) is 21.8 Å². The third-order valence-electron chi connectivity index (χ3n) is 1.45. The summed E-state index contributed by atoms with van der Waals surface area (Å²) in [5.74, 6) is 0.836. The van der Waals surface area contributed by atoms with Gasteiger partial charge in [-0.3, -0.25) is 0 Å². The van der Waals surface area contributed by atoms with Crippen LogP contribution in [0.1, 0.15) is 34.6 Å². The molecule has 0 saturated carbocycles. The summed E-state index contributed by atoms with van der Waals surface area (Å²) < 4.78 is 10.4. The SMILES string of the molecule is C=C/C=C(\C=C/C)OCC1CO1.CC.CC. The maximum absolute atomic E-state index is 5.42. The van der Waals surface area contributed by atoms with Crippen molar-refractivity contribution in [2.75, 3.05) is 13.2 Å². The van der Waals surface area contributed by atoms with Crippen LogP contribution in [0.4, 0.5) is 0 Å². The van der Waals surface area contributed by atoms with Gasteiger partial charge in [0, 0.05) is 0 Å². The normalized spacial score (nSPS) is 17.8. The number of ether oxygens (including phenoxy) is 2. The van der Waals surface area contributed by atoms with Gasteiger partial charge in [-0.05, 0) is 19.1 Å². The van der Waals surface area contributed by atoms with E-state index in [0.717, 1.165) is 12.4 Å². The molecule has 2 heteroatoms. The van der Waals surface area contributed by atoms with Gasteiger partial charge in [0.1, 0.15) is 18.5 Å². The van der Waals surface area contributed by atoms with Crippen molar-refractivity contribution in [2.45, 2.75) is 40.7 Å². The predicted molar refractivity (Wildman–Crippen MR) is 71.5 cm³/mol. The zero-order chi connectivity index (χ0) is 12.8. The van der Waals surface area contributed by atoms with E-state index < -0.39 is 0 Å². The van der Waals surface area contributed by atoms with Crippen LogP contribution in [0.5, 0.6) is 0 Å². The van der Waals surface area contributed by atoms with Crippen LogP contribution in [0.25, 0.3) is 0 Å². The van der Waals surface area contributed by atoms with E-state index in [4.69, 9.17) is 9.47 Å². The van der Waals surface area contributed by atoms with Gasteiger partial charge in [0.25, 0.3) is 0 Å². The molecule has 0 amide bonds. The van der Waals surface area contributed by atoms with Crippen molar-refractivity contribution in [1.82, 2.24) is 0 Å². The van der Waals surface area contributed by atoms with Crippen LogP contribution in [0.2, 0.25) is 0 Å². The summed E-state index contributed by atoms with van der Waals surface area (Å²) in [4.78, 5) is 0. The Kier molecular flexibility index (Phi) is 15.2. The molecule has 0 radical (unpaired) electrons. The molecule has 1 fully saturated rings. The first-order chi connectivity index (χ1) is 7.86. The molecule has 1 heterocycles. The summed E-state index contributed by atoms with van der Waals surface area (Å²) >= 11 is 0. The summed E-state index contributed by atoms with van der Waals surface area (Å²) in [5, 5.41) is 0. The second kappa shape index (κ2) is 14.0. The fourth-order valence-electron chi connectivity index (χ4n) is 0.786. The first-order valence-corrected chi connectivity index (χ1v) is 6.06. The Balaban J connectivity index is 0. The maximum Gasteiger partial charge on any atom is 0.119 e. The lowest BCUT2D eigenvalue weighted by atomic mass is 10.4. The van der Waals surface area contributed by atoms with E-state index in [1.165, 1.54) is 0 Å². The van der Waals surface area contributed by atoms with E-state index >= 15 is 0 Å². The summed E-state index contributed by atoms with van der Waals surface area (Å²) in [6.45, 7) is 15.0. The third kappa shape index (κ3) is 11.1. The Morgan fingerprint density at radius 3 is 2.31 bits per heavy atom. The van der Waals surface area contributed by atoms with Crippen LogP contribution in [-0.2, 0) is 9.47 Å². The van der Waals surface area contributed by atoms with Gasteiger partial charge in [-0.25, -0.2) is 0 Å². The lowest BCUT2D eigenvalue weighted by Gasteiger charge is -2.02. The minimum Gasteiger partial charge on any atom is -0.491 e. The average Bonchev–Trinajstić information content (AvgIpc) is 3.16. The van der Waals surface area contributed by atoms with Crippen LogP contribution in [0.15, 0.2) is 36.6 Å². The predicted octanol–water partition coefficient (Wildman–Crippen LogP) is 4.10. The molecule has 1 rings (SSSR count). The summed E-state index contributed by atoms with van der Waals surface area (Å²) in [6, 6.07) is 0. The highest BCUT2D eigenvalue weighted by Crippen LogP contribution is 2.11. The Labute approximate surface area is 101 Å². The molecule has 1 unspecified atom stereocenters. The van der Waals surface area contributed by atoms with E-state index in [0.29, 0.717) is 12.7 Å². The molecule has 1 saturated heterocycles. The number of rotatable bonds is 5. The lowest BCUT2D eigenvalue weighted by Crippen LogP contribution is -1.99. The van der Waals surface area contributed by atoms with Crippen molar-refractivity contribution >= 4 is 0 Å². The molecule has 0 spiro atoms. The fraction of sp³-hybridized carbons (Fsp3) is 0.571. The highest BCUT2D eigenvalue weighted by Gasteiger charge is 2.22. The molecular formula is C14H26O2. The van der Waals surface area contributed by atoms with Gasteiger partial charge in [0.15, 0.2) is 0 Å². The van der Waals surface area contributed by atoms with Crippen molar-refractivity contribution in [3.05, 3.63) is 36.6 Å². The third-order valence-corrected chi connectivity index (χ3v) is 1.45. The molecule has 94 valence electrons. The van der Waals surface area contributed by atoms with Crippen LogP contribution >= 0.6 is 0 Å². The van der Waals surface area contributed by atoms with Crippen molar-refractivity contribution in [3.8, 4) is 0 Å². The van der Waals surface area contributed by atoms with Crippen molar-refractivity contribution in [3.63, 3.8) is 0 Å². The number of hydrogen-bond acceptors (Lipinski definition) is 2. The van der Waals surface area contributed by atoms with E-state index in [-0.39, 0.29) is 0 Å². The van der Waals surface area contributed by atoms with Crippen LogP contribution < -0.4 is 0 Å². The maximum atomic E-state index is 5.42. The highest BCUT2D eigenvalue weighted by molar-refractivity contribution is 5.16. The molecule has 0 bridgehead atoms. The zero-order valence-corrected chi connectivity index (χ0v) is 11.3. The molecule has 0 aliphatic carbocycles. The Bertz CT molecular complexity index is 201. The summed E-state index contributed by atoms with van der Waals surface area (Å²) in [7, 11) is 0. The van der Waals surface area contributed by atoms with E-state index in [2.05, 4.69) is 6.58 Å². The van der Waals surface area contributed by atoms with Gasteiger partial charge in [-0.1, -0.05) is 46.4 Å². The fourth-order valence-corrected chi connectivity index (χ4v) is 0.786. The van der Waals surface area contributed by atoms with Crippen molar-refractivity contribution < 1.29 is 9.47 Å². The molecule has 0 aromatic rings. The van der Waals surface area contributed by atoms with Gasteiger partial charge in [0.2, 0.25) is 0 Å². The second-order valence-electron chi connectivity index (χ2n) is 2.57. The zero-order valence-electron chi connectivity index (χ0n) is 11.3. The molecule has 1 atom stereocenters. The van der Waals surface area contributed by atoms with E-state index in [1.807, 2.05) is 52.8 Å². The van der Waals surface area contributed by atoms with Crippen molar-refractivity contribution in [2.24, 2.45) is 0 Å². The van der Waals surface area contributed by atoms with Crippen LogP contribution in [0.3, 0.4) is 0 Å². The first kappa shape index (κ1) is 17.4. The average molecular weight is 226 g/mol. The minimum absolute atomic E-state index is 0.309. The Morgan fingerprint density at radius 1 is 1.38 bits per heavy atom. The van der Waals surface area contributed by atoms with Gasteiger partial charge < -0.3 is 9.47 Å². The minimum atomic E-state index is 0.309. The summed E-state index contributed by atoms with van der Waals surface area (Å²) in [5.41, 5.74) is 0. The molecule has 0 aromatic carbocycles. The number of allylic oxidation sites excluding steroid dienone is 4. The lowest BCUT2D eigenvalue weighted by molar-refractivity contribution is 0.193. The number of hydrogen-bond donors (Lipinski definition) is 0. The first-order valence-electron chi connectivity index (χ1n) is 6.06. The van der Waals surface area contributed by atoms with E-state index in [9.17, 15) is 0 Å². The second-order valence-corrected chi connectivity index (χ2v) is 2.57. The quantitative estimate of drug-likeness (QED) is 0.400.